The van der Waals surface area contributed by atoms with Gasteiger partial charge in [-0.2, -0.15) is 0 Å². The first-order valence-corrected chi connectivity index (χ1v) is 8.39. The van der Waals surface area contributed by atoms with E-state index in [4.69, 9.17) is 5.73 Å². The second kappa shape index (κ2) is 5.07. The number of fused-ring (bicyclic) bond motifs is 1. The van der Waals surface area contributed by atoms with Gasteiger partial charge in [0.15, 0.2) is 0 Å². The van der Waals surface area contributed by atoms with Crippen LogP contribution in [-0.2, 0) is 16.4 Å². The minimum atomic E-state index is -3.63. The summed E-state index contributed by atoms with van der Waals surface area (Å²) in [7, 11) is -3.63. The van der Waals surface area contributed by atoms with Crippen LogP contribution >= 0.6 is 0 Å². The van der Waals surface area contributed by atoms with Crippen LogP contribution in [0.4, 0.5) is 11.4 Å². The first kappa shape index (κ1) is 13.9. The van der Waals surface area contributed by atoms with Crippen molar-refractivity contribution in [1.29, 1.82) is 0 Å². The lowest BCUT2D eigenvalue weighted by Crippen LogP contribution is -2.39. The molecule has 0 saturated carbocycles. The normalized spacial score (nSPS) is 18.3. The highest BCUT2D eigenvalue weighted by Gasteiger charge is 2.32. The fourth-order valence-corrected chi connectivity index (χ4v) is 4.55. The molecular formula is C16H18N2O2S. The van der Waals surface area contributed by atoms with Crippen LogP contribution in [0.5, 0.6) is 0 Å². The van der Waals surface area contributed by atoms with Crippen molar-refractivity contribution in [3.05, 3.63) is 54.1 Å². The molecule has 0 aromatic heterocycles. The fourth-order valence-electron chi connectivity index (χ4n) is 2.81. The number of anilines is 2. The second-order valence-corrected chi connectivity index (χ2v) is 7.34. The van der Waals surface area contributed by atoms with Crippen molar-refractivity contribution in [1.82, 2.24) is 0 Å². The third-order valence-electron chi connectivity index (χ3n) is 3.79. The van der Waals surface area contributed by atoms with Gasteiger partial charge in [0, 0.05) is 6.54 Å². The highest BCUT2D eigenvalue weighted by molar-refractivity contribution is 7.93. The van der Waals surface area contributed by atoms with E-state index in [-0.39, 0.29) is 16.5 Å². The molecule has 1 aliphatic heterocycles. The maximum atomic E-state index is 13.0. The minimum Gasteiger partial charge on any atom is -0.398 e. The van der Waals surface area contributed by atoms with Gasteiger partial charge in [-0.3, -0.25) is 4.31 Å². The first-order chi connectivity index (χ1) is 10.00. The Morgan fingerprint density at radius 1 is 1.10 bits per heavy atom. The van der Waals surface area contributed by atoms with E-state index in [1.165, 1.54) is 4.31 Å². The molecule has 5 heteroatoms. The topological polar surface area (TPSA) is 63.4 Å². The van der Waals surface area contributed by atoms with Crippen molar-refractivity contribution >= 4 is 21.4 Å². The SMILES string of the molecule is CC1Cc2ccccc2N(S(=O)(=O)c2ccccc2N)C1. The molecule has 0 saturated heterocycles. The largest absolute Gasteiger partial charge is 0.398 e. The maximum absolute atomic E-state index is 13.0. The smallest absolute Gasteiger partial charge is 0.266 e. The standard InChI is InChI=1S/C16H18N2O2S/c1-12-10-13-6-2-4-8-15(13)18(11-12)21(19,20)16-9-5-3-7-14(16)17/h2-9,12H,10-11,17H2,1H3. The molecule has 2 aromatic rings. The molecule has 1 atom stereocenters. The number of hydrogen-bond donors (Lipinski definition) is 1. The predicted molar refractivity (Wildman–Crippen MR) is 84.7 cm³/mol. The van der Waals surface area contributed by atoms with Crippen molar-refractivity contribution < 1.29 is 8.42 Å². The Kier molecular flexibility index (Phi) is 3.37. The number of para-hydroxylation sites is 2. The Balaban J connectivity index is 2.14. The van der Waals surface area contributed by atoms with Crippen LogP contribution in [0.3, 0.4) is 0 Å². The van der Waals surface area contributed by atoms with Crippen molar-refractivity contribution in [3.63, 3.8) is 0 Å². The summed E-state index contributed by atoms with van der Waals surface area (Å²) in [5.74, 6) is 0.277. The van der Waals surface area contributed by atoms with Crippen LogP contribution in [0.25, 0.3) is 0 Å². The number of nitrogens with two attached hydrogens (primary N) is 1. The Morgan fingerprint density at radius 2 is 1.76 bits per heavy atom. The summed E-state index contributed by atoms with van der Waals surface area (Å²) in [5.41, 5.74) is 7.97. The van der Waals surface area contributed by atoms with Crippen molar-refractivity contribution in [2.75, 3.05) is 16.6 Å². The quantitative estimate of drug-likeness (QED) is 0.867. The molecule has 1 aliphatic rings. The van der Waals surface area contributed by atoms with Gasteiger partial charge in [-0.1, -0.05) is 37.3 Å². The van der Waals surface area contributed by atoms with E-state index >= 15 is 0 Å². The summed E-state index contributed by atoms with van der Waals surface area (Å²) in [6.07, 6.45) is 0.895. The highest BCUT2D eigenvalue weighted by Crippen LogP contribution is 2.34. The van der Waals surface area contributed by atoms with Crippen LogP contribution in [0.1, 0.15) is 12.5 Å². The molecule has 21 heavy (non-hydrogen) atoms. The minimum absolute atomic E-state index is 0.175. The van der Waals surface area contributed by atoms with Gasteiger partial charge < -0.3 is 5.73 Å². The molecule has 0 amide bonds. The number of rotatable bonds is 2. The zero-order valence-corrected chi connectivity index (χ0v) is 12.7. The Hall–Kier alpha value is -2.01. The number of hydrogen-bond acceptors (Lipinski definition) is 3. The summed E-state index contributed by atoms with van der Waals surface area (Å²) in [4.78, 5) is 0.175. The summed E-state index contributed by atoms with van der Waals surface area (Å²) < 4.78 is 27.4. The zero-order valence-electron chi connectivity index (χ0n) is 11.9. The molecule has 2 aromatic carbocycles. The molecule has 2 N–H and O–H groups in total. The molecule has 0 bridgehead atoms. The van der Waals surface area contributed by atoms with Crippen molar-refractivity contribution in [2.24, 2.45) is 5.92 Å². The van der Waals surface area contributed by atoms with E-state index in [1.807, 2.05) is 24.3 Å². The lowest BCUT2D eigenvalue weighted by molar-refractivity contribution is 0.545. The highest BCUT2D eigenvalue weighted by atomic mass is 32.2. The van der Waals surface area contributed by atoms with Gasteiger partial charge in [0.1, 0.15) is 4.90 Å². The molecular weight excluding hydrogens is 284 g/mol. The molecule has 0 fully saturated rings. The lowest BCUT2D eigenvalue weighted by atomic mass is 9.96. The Labute approximate surface area is 125 Å². The van der Waals surface area contributed by atoms with E-state index in [9.17, 15) is 8.42 Å². The van der Waals surface area contributed by atoms with Crippen molar-refractivity contribution in [2.45, 2.75) is 18.2 Å². The molecule has 1 unspecified atom stereocenters. The molecule has 0 radical (unpaired) electrons. The first-order valence-electron chi connectivity index (χ1n) is 6.95. The van der Waals surface area contributed by atoms with Crippen LogP contribution in [-0.4, -0.2) is 15.0 Å². The molecule has 3 rings (SSSR count). The number of sulfonamides is 1. The number of nitrogens with zero attached hydrogens (tertiary/aromatic N) is 1. The molecule has 0 aliphatic carbocycles. The summed E-state index contributed by atoms with van der Waals surface area (Å²) in [6.45, 7) is 2.54. The summed E-state index contributed by atoms with van der Waals surface area (Å²) in [5, 5.41) is 0. The van der Waals surface area contributed by atoms with Gasteiger partial charge in [0.05, 0.1) is 11.4 Å². The molecule has 4 nitrogen and oxygen atoms in total. The third-order valence-corrected chi connectivity index (χ3v) is 5.65. The fraction of sp³-hybridized carbons (Fsp3) is 0.250. The van der Waals surface area contributed by atoms with E-state index in [0.29, 0.717) is 6.54 Å². The second-order valence-electron chi connectivity index (χ2n) is 5.51. The Morgan fingerprint density at radius 3 is 2.52 bits per heavy atom. The van der Waals surface area contributed by atoms with Gasteiger partial charge in [-0.15, -0.1) is 0 Å². The van der Waals surface area contributed by atoms with Gasteiger partial charge in [-0.25, -0.2) is 8.42 Å². The predicted octanol–water partition coefficient (Wildman–Crippen LogP) is 2.66. The molecule has 110 valence electrons. The van der Waals surface area contributed by atoms with Gasteiger partial charge in [0.25, 0.3) is 10.0 Å². The van der Waals surface area contributed by atoms with Crippen molar-refractivity contribution in [3.8, 4) is 0 Å². The van der Waals surface area contributed by atoms with E-state index in [0.717, 1.165) is 17.7 Å². The van der Waals surface area contributed by atoms with Gasteiger partial charge in [-0.05, 0) is 36.1 Å². The van der Waals surface area contributed by atoms with Crippen LogP contribution in [0.15, 0.2) is 53.4 Å². The van der Waals surface area contributed by atoms with Crippen LogP contribution in [0.2, 0.25) is 0 Å². The van der Waals surface area contributed by atoms with Crippen LogP contribution < -0.4 is 10.0 Å². The zero-order chi connectivity index (χ0) is 15.0. The van der Waals surface area contributed by atoms with E-state index in [2.05, 4.69) is 6.92 Å². The molecule has 1 heterocycles. The Bertz CT molecular complexity index is 771. The lowest BCUT2D eigenvalue weighted by Gasteiger charge is -2.34. The third kappa shape index (κ3) is 2.38. The average molecular weight is 302 g/mol. The number of nitrogen functional groups attached to an aromatic ring is 1. The van der Waals surface area contributed by atoms with E-state index < -0.39 is 10.0 Å². The number of benzene rings is 2. The van der Waals surface area contributed by atoms with Crippen LogP contribution in [0, 0.1) is 5.92 Å². The summed E-state index contributed by atoms with van der Waals surface area (Å²) in [6, 6.07) is 14.3. The van der Waals surface area contributed by atoms with Gasteiger partial charge in [0.2, 0.25) is 0 Å². The average Bonchev–Trinajstić information content (AvgIpc) is 2.46. The van der Waals surface area contributed by atoms with E-state index in [1.54, 1.807) is 24.3 Å². The summed E-state index contributed by atoms with van der Waals surface area (Å²) >= 11 is 0. The molecule has 0 spiro atoms. The monoisotopic (exact) mass is 302 g/mol. The van der Waals surface area contributed by atoms with Gasteiger partial charge >= 0.3 is 0 Å². The maximum Gasteiger partial charge on any atom is 0.266 e.